The predicted molar refractivity (Wildman–Crippen MR) is 319 cm³/mol. The third-order valence-electron chi connectivity index (χ3n) is 17.1. The average molecular weight is 1130 g/mol. The normalized spacial score (nSPS) is 30.8. The number of methoxy groups -OCH3 is 5. The van der Waals surface area contributed by atoms with Crippen molar-refractivity contribution in [2.24, 2.45) is 41.4 Å². The molecule has 3 rings (SSSR count). The van der Waals surface area contributed by atoms with Crippen LogP contribution >= 0.6 is 11.8 Å². The van der Waals surface area contributed by atoms with E-state index in [9.17, 15) is 9.90 Å². The van der Waals surface area contributed by atoms with Gasteiger partial charge in [0.1, 0.15) is 12.9 Å². The maximum atomic E-state index is 13.8. The summed E-state index contributed by atoms with van der Waals surface area (Å²) >= 11 is 1.67. The van der Waals surface area contributed by atoms with Gasteiger partial charge in [-0.15, -0.1) is 11.8 Å². The lowest BCUT2D eigenvalue weighted by atomic mass is 9.82. The lowest BCUT2D eigenvalue weighted by Crippen LogP contribution is -2.49. The molecule has 2 heterocycles. The summed E-state index contributed by atoms with van der Waals surface area (Å²) in [6.07, 6.45) is 20.1. The van der Waals surface area contributed by atoms with Gasteiger partial charge < -0.3 is 56.9 Å². The molecule has 13 nitrogen and oxygen atoms in total. The number of aliphatic hydroxyl groups is 1. The summed E-state index contributed by atoms with van der Waals surface area (Å²) in [6, 6.07) is 5.70. The fourth-order valence-corrected chi connectivity index (χ4v) is 12.5. The summed E-state index contributed by atoms with van der Waals surface area (Å²) in [7, 11) is 6.29. The van der Waals surface area contributed by atoms with E-state index in [0.29, 0.717) is 55.6 Å². The quantitative estimate of drug-likeness (QED) is 0.0365. The summed E-state index contributed by atoms with van der Waals surface area (Å²) in [6.45, 7) is 29.4. The molecule has 0 bridgehead atoms. The molecule has 1 saturated heterocycles. The number of cyclic esters (lactones) is 1. The molecule has 1 fully saturated rings. The number of allylic oxidation sites excluding steroid dienone is 3. The van der Waals surface area contributed by atoms with Crippen LogP contribution in [0.3, 0.4) is 0 Å². The molecular formula is C63H108O13SSi. The first-order valence-electron chi connectivity index (χ1n) is 28.9. The van der Waals surface area contributed by atoms with Crippen molar-refractivity contribution in [3.8, 4) is 11.5 Å². The number of hydrogen-bond donors (Lipinski definition) is 1. The topological polar surface area (TPSA) is 139 Å². The number of carbonyl (C=O) groups is 1. The zero-order chi connectivity index (χ0) is 58.2. The molecule has 16 atom stereocenters. The standard InChI is InChI=1S/C63H108O13SSi/c1-42-28-29-43(2)52(67-13)33-31-45(4)62(76-78(18,19)63(9,10)11)49(8)53(73-41-77-17)25-21-20-22-27-58(64)74-55(26-23-24-51(36-42)66-12)47(6)60(65)44(3)30-34-54(48(7)61-46(5)37-59(70-16)75-61)72-40-71-39-50-32-35-56(68-14)57(38-50)69-15/h20-24,27,29,32,35,38,42,44-49,51-55,59-62,65H,25-26,28,30-31,33-34,36-37,39-41H2,1-19H3/b21-20+,24-23+,27-22+,43-29+/t42-,44+,45-,46-,47-,48+,49-,51+,52+,53-,54-,55+,59?,60+,61-,62-/m1/s1. The zero-order valence-corrected chi connectivity index (χ0v) is 53.6. The van der Waals surface area contributed by atoms with Gasteiger partial charge in [-0.1, -0.05) is 112 Å². The van der Waals surface area contributed by atoms with Crippen LogP contribution in [-0.4, -0.2) is 129 Å². The van der Waals surface area contributed by atoms with Gasteiger partial charge in [0.2, 0.25) is 0 Å². The highest BCUT2D eigenvalue weighted by atomic mass is 32.2. The second kappa shape index (κ2) is 35.5. The third kappa shape index (κ3) is 22.7. The molecule has 0 saturated carbocycles. The van der Waals surface area contributed by atoms with Crippen LogP contribution < -0.4 is 9.47 Å². The van der Waals surface area contributed by atoms with E-state index in [2.05, 4.69) is 107 Å². The van der Waals surface area contributed by atoms with Gasteiger partial charge in [0, 0.05) is 58.0 Å². The second-order valence-corrected chi connectivity index (χ2v) is 29.7. The molecule has 2 aliphatic heterocycles. The maximum Gasteiger partial charge on any atom is 0.331 e. The van der Waals surface area contributed by atoms with Gasteiger partial charge in [-0.2, -0.15) is 0 Å². The van der Waals surface area contributed by atoms with Crippen molar-refractivity contribution in [3.63, 3.8) is 0 Å². The van der Waals surface area contributed by atoms with E-state index < -0.39 is 32.4 Å². The summed E-state index contributed by atoms with van der Waals surface area (Å²) in [5, 5.41) is 12.2. The molecule has 448 valence electrons. The van der Waals surface area contributed by atoms with Crippen LogP contribution in [0.5, 0.6) is 11.5 Å². The predicted octanol–water partition coefficient (Wildman–Crippen LogP) is 13.9. The smallest absolute Gasteiger partial charge is 0.331 e. The van der Waals surface area contributed by atoms with Gasteiger partial charge in [-0.25, -0.2) is 4.79 Å². The molecule has 0 aliphatic carbocycles. The van der Waals surface area contributed by atoms with Gasteiger partial charge in [0.15, 0.2) is 26.1 Å². The highest BCUT2D eigenvalue weighted by molar-refractivity contribution is 7.98. The molecule has 2 aliphatic rings. The molecule has 0 aromatic heterocycles. The lowest BCUT2D eigenvalue weighted by molar-refractivity contribution is -0.162. The first-order chi connectivity index (χ1) is 36.9. The van der Waals surface area contributed by atoms with Crippen molar-refractivity contribution >= 4 is 26.0 Å². The van der Waals surface area contributed by atoms with Crippen molar-refractivity contribution in [2.75, 3.05) is 54.5 Å². The largest absolute Gasteiger partial charge is 0.493 e. The summed E-state index contributed by atoms with van der Waals surface area (Å²) in [5.74, 6) is 1.77. The number of benzene rings is 1. The third-order valence-corrected chi connectivity index (χ3v) is 21.9. The second-order valence-electron chi connectivity index (χ2n) is 24.2. The first-order valence-corrected chi connectivity index (χ1v) is 33.2. The summed E-state index contributed by atoms with van der Waals surface area (Å²) < 4.78 is 67.9. The average Bonchev–Trinajstić information content (AvgIpc) is 3.81. The van der Waals surface area contributed by atoms with Gasteiger partial charge in [-0.05, 0) is 123 Å². The number of hydrogen-bond acceptors (Lipinski definition) is 14. The van der Waals surface area contributed by atoms with Crippen molar-refractivity contribution in [1.82, 2.24) is 0 Å². The van der Waals surface area contributed by atoms with E-state index in [-0.39, 0.29) is 84.3 Å². The minimum atomic E-state index is -2.17. The molecule has 15 heteroatoms. The Morgan fingerprint density at radius 3 is 2.19 bits per heavy atom. The SMILES string of the molecule is COc1ccc(COCO[C@H](CC[C@H](C)[C@H](O)[C@H](C)[C@@H]2C/C=C/[C@H](OC)C[C@H](C)C/C=C(\C)[C@@H](OC)CC[C@@H](C)[C@@H](O[Si](C)(C)C(C)(C)C)[C@H](C)[C@H](OCSC)C/C=C/C=C/C(=O)O2)[C@H](C)[C@@H]2OC(OC)C[C@H]2C)cc1OC. The fourth-order valence-electron chi connectivity index (χ4n) is 10.7. The minimum Gasteiger partial charge on any atom is -0.493 e. The van der Waals surface area contributed by atoms with E-state index >= 15 is 0 Å². The number of carbonyl (C=O) groups excluding carboxylic acids is 1. The van der Waals surface area contributed by atoms with Crippen LogP contribution in [0.4, 0.5) is 0 Å². The molecule has 0 spiro atoms. The first kappa shape index (κ1) is 69.7. The van der Waals surface area contributed by atoms with Crippen LogP contribution in [0.2, 0.25) is 18.1 Å². The van der Waals surface area contributed by atoms with Crippen LogP contribution in [0.15, 0.2) is 66.3 Å². The zero-order valence-electron chi connectivity index (χ0n) is 51.8. The van der Waals surface area contributed by atoms with Crippen molar-refractivity contribution in [1.29, 1.82) is 0 Å². The van der Waals surface area contributed by atoms with E-state index in [0.717, 1.165) is 37.7 Å². The molecule has 1 N–H and O–H groups in total. The van der Waals surface area contributed by atoms with Crippen LogP contribution in [0.25, 0.3) is 0 Å². The number of ether oxygens (including phenoxy) is 10. The van der Waals surface area contributed by atoms with E-state index in [4.69, 9.17) is 51.8 Å². The Bertz CT molecular complexity index is 1970. The van der Waals surface area contributed by atoms with Crippen LogP contribution in [-0.2, 0) is 53.7 Å². The van der Waals surface area contributed by atoms with Crippen LogP contribution in [0.1, 0.15) is 140 Å². The van der Waals surface area contributed by atoms with Gasteiger partial charge in [0.05, 0.1) is 69.5 Å². The monoisotopic (exact) mass is 1130 g/mol. The fraction of sp³-hybridized carbons (Fsp3) is 0.762. The lowest BCUT2D eigenvalue weighted by Gasteiger charge is -2.44. The Balaban J connectivity index is 1.90. The molecule has 0 radical (unpaired) electrons. The van der Waals surface area contributed by atoms with Crippen LogP contribution in [0, 0.1) is 41.4 Å². The van der Waals surface area contributed by atoms with E-state index in [1.807, 2.05) is 44.4 Å². The molecule has 1 aromatic rings. The molecule has 1 unspecified atom stereocenters. The molecule has 0 amide bonds. The number of aliphatic hydroxyl groups excluding tert-OH is 1. The Labute approximate surface area is 478 Å². The Kier molecular flexibility index (Phi) is 31.7. The Morgan fingerprint density at radius 2 is 1.56 bits per heavy atom. The molecule has 78 heavy (non-hydrogen) atoms. The Hall–Kier alpha value is -2.54. The van der Waals surface area contributed by atoms with Crippen molar-refractivity contribution in [2.45, 2.75) is 214 Å². The van der Waals surface area contributed by atoms with Crippen molar-refractivity contribution in [3.05, 3.63) is 71.9 Å². The summed E-state index contributed by atoms with van der Waals surface area (Å²) in [4.78, 5) is 13.8. The van der Waals surface area contributed by atoms with Gasteiger partial charge >= 0.3 is 5.97 Å². The Morgan fingerprint density at radius 1 is 0.846 bits per heavy atom. The van der Waals surface area contributed by atoms with Gasteiger partial charge in [0.25, 0.3) is 0 Å². The number of rotatable bonds is 23. The van der Waals surface area contributed by atoms with Crippen molar-refractivity contribution < 1.29 is 61.7 Å². The summed E-state index contributed by atoms with van der Waals surface area (Å²) in [5.41, 5.74) is 2.17. The highest BCUT2D eigenvalue weighted by Crippen LogP contribution is 2.41. The van der Waals surface area contributed by atoms with E-state index in [1.165, 1.54) is 11.6 Å². The van der Waals surface area contributed by atoms with Gasteiger partial charge in [-0.3, -0.25) is 0 Å². The molecular weight excluding hydrogens is 1020 g/mol. The minimum absolute atomic E-state index is 0.00434. The van der Waals surface area contributed by atoms with E-state index in [1.54, 1.807) is 46.3 Å². The number of esters is 1. The highest BCUT2D eigenvalue weighted by Gasteiger charge is 2.43. The number of thioether (sulfide) groups is 1. The maximum absolute atomic E-state index is 13.8. The molecule has 1 aromatic carbocycles.